The van der Waals surface area contributed by atoms with Gasteiger partial charge in [0.25, 0.3) is 12.3 Å². The topological polar surface area (TPSA) is 108 Å². The van der Waals surface area contributed by atoms with E-state index in [0.29, 0.717) is 23.5 Å². The first-order valence-electron chi connectivity index (χ1n) is 10.5. The molecule has 1 amide bonds. The van der Waals surface area contributed by atoms with Crippen LogP contribution in [-0.4, -0.2) is 37.4 Å². The van der Waals surface area contributed by atoms with Gasteiger partial charge in [-0.15, -0.1) is 0 Å². The number of hydrogen-bond acceptors (Lipinski definition) is 6. The van der Waals surface area contributed by atoms with E-state index in [4.69, 9.17) is 8.83 Å². The van der Waals surface area contributed by atoms with Gasteiger partial charge in [0.15, 0.2) is 5.69 Å². The molecule has 0 saturated carbocycles. The Kier molecular flexibility index (Phi) is 4.86. The van der Waals surface area contributed by atoms with Crippen LogP contribution >= 0.6 is 0 Å². The molecular weight excluding hydrogens is 434 g/mol. The number of furan rings is 1. The van der Waals surface area contributed by atoms with E-state index in [2.05, 4.69) is 15.0 Å². The molecule has 0 aliphatic carbocycles. The molecule has 0 spiro atoms. The molecule has 0 fully saturated rings. The van der Waals surface area contributed by atoms with Gasteiger partial charge in [0, 0.05) is 24.0 Å². The van der Waals surface area contributed by atoms with Crippen molar-refractivity contribution in [3.05, 3.63) is 70.6 Å². The number of carbonyl (C=O) groups excluding carboxylic acids is 1. The summed E-state index contributed by atoms with van der Waals surface area (Å²) in [6.07, 6.45) is -1.07. The molecule has 5 rings (SSSR count). The van der Waals surface area contributed by atoms with Crippen molar-refractivity contribution in [2.45, 2.75) is 45.3 Å². The molecule has 8 nitrogen and oxygen atoms in total. The zero-order valence-electron chi connectivity index (χ0n) is 18.2. The van der Waals surface area contributed by atoms with Crippen LogP contribution in [-0.2, 0) is 12.0 Å². The standard InChI is InChI=1S/C23H22F2N4O4/c1-11-5-4-6-14-12(11)9-15(32-14)18-16-13(26-10-27-16)7-8-29(18)21(30)19-17(20(24)25)28-22(33-19)23(2,3)31/h4-6,9-10,18,20,31H,7-8H2,1-3H3,(H,26,27)/t18-/m1/s1. The maximum absolute atomic E-state index is 13.7. The Morgan fingerprint density at radius 2 is 2.12 bits per heavy atom. The summed E-state index contributed by atoms with van der Waals surface area (Å²) in [5, 5.41) is 11.1. The number of benzene rings is 1. The van der Waals surface area contributed by atoms with Crippen LogP contribution in [0.4, 0.5) is 8.78 Å². The van der Waals surface area contributed by atoms with Crippen molar-refractivity contribution < 1.29 is 27.5 Å². The molecule has 33 heavy (non-hydrogen) atoms. The first-order chi connectivity index (χ1) is 15.6. The van der Waals surface area contributed by atoms with Crippen molar-refractivity contribution in [2.24, 2.45) is 0 Å². The summed E-state index contributed by atoms with van der Waals surface area (Å²) in [5.74, 6) is -1.27. The second kappa shape index (κ2) is 7.51. The third-order valence-corrected chi connectivity index (χ3v) is 5.83. The SMILES string of the molecule is Cc1cccc2oc([C@@H]3c4nc[nH]c4CCN3C(=O)c3oc(C(C)(C)O)nc3C(F)F)cc12. The van der Waals surface area contributed by atoms with Gasteiger partial charge in [-0.25, -0.2) is 18.7 Å². The average molecular weight is 456 g/mol. The van der Waals surface area contributed by atoms with E-state index in [0.717, 1.165) is 16.6 Å². The van der Waals surface area contributed by atoms with Crippen LogP contribution in [0.3, 0.4) is 0 Å². The number of aromatic amines is 1. The van der Waals surface area contributed by atoms with E-state index in [1.54, 1.807) is 0 Å². The molecular formula is C23H22F2N4O4. The quantitative estimate of drug-likeness (QED) is 0.471. The van der Waals surface area contributed by atoms with Crippen molar-refractivity contribution >= 4 is 16.9 Å². The third-order valence-electron chi connectivity index (χ3n) is 5.83. The van der Waals surface area contributed by atoms with Gasteiger partial charge in [0.05, 0.1) is 12.0 Å². The Morgan fingerprint density at radius 1 is 1.33 bits per heavy atom. The Balaban J connectivity index is 1.63. The van der Waals surface area contributed by atoms with Gasteiger partial charge in [-0.05, 0) is 38.5 Å². The molecule has 1 aromatic carbocycles. The number of halogens is 2. The molecule has 0 radical (unpaired) electrons. The maximum atomic E-state index is 13.7. The number of oxazole rings is 1. The number of amides is 1. The summed E-state index contributed by atoms with van der Waals surface area (Å²) in [7, 11) is 0. The molecule has 0 unspecified atom stereocenters. The number of H-pyrrole nitrogens is 1. The monoisotopic (exact) mass is 456 g/mol. The summed E-state index contributed by atoms with van der Waals surface area (Å²) in [6, 6.07) is 6.74. The molecule has 0 bridgehead atoms. The zero-order chi connectivity index (χ0) is 23.5. The van der Waals surface area contributed by atoms with Crippen molar-refractivity contribution in [3.63, 3.8) is 0 Å². The number of fused-ring (bicyclic) bond motifs is 2. The van der Waals surface area contributed by atoms with E-state index in [-0.39, 0.29) is 12.4 Å². The van der Waals surface area contributed by atoms with Gasteiger partial charge in [-0.3, -0.25) is 4.79 Å². The number of imidazole rings is 1. The number of aromatic nitrogens is 3. The minimum absolute atomic E-state index is 0.218. The lowest BCUT2D eigenvalue weighted by Crippen LogP contribution is -2.40. The fraction of sp³-hybridized carbons (Fsp3) is 0.348. The number of rotatable bonds is 4. The highest BCUT2D eigenvalue weighted by molar-refractivity contribution is 5.93. The number of nitrogens with one attached hydrogen (secondary N) is 1. The van der Waals surface area contributed by atoms with Gasteiger partial charge in [0.1, 0.15) is 23.0 Å². The van der Waals surface area contributed by atoms with Crippen molar-refractivity contribution in [2.75, 3.05) is 6.54 Å². The van der Waals surface area contributed by atoms with E-state index < -0.39 is 35.4 Å². The number of aliphatic hydroxyl groups is 1. The summed E-state index contributed by atoms with van der Waals surface area (Å²) in [6.45, 7) is 4.86. The van der Waals surface area contributed by atoms with Gasteiger partial charge >= 0.3 is 0 Å². The van der Waals surface area contributed by atoms with Crippen LogP contribution in [0.25, 0.3) is 11.0 Å². The highest BCUT2D eigenvalue weighted by atomic mass is 19.3. The summed E-state index contributed by atoms with van der Waals surface area (Å²) < 4.78 is 39.0. The van der Waals surface area contributed by atoms with Crippen molar-refractivity contribution in [1.82, 2.24) is 19.9 Å². The second-order valence-corrected chi connectivity index (χ2v) is 8.65. The van der Waals surface area contributed by atoms with Gasteiger partial charge in [0.2, 0.25) is 11.7 Å². The summed E-state index contributed by atoms with van der Waals surface area (Å²) >= 11 is 0. The minimum atomic E-state index is -3.05. The highest BCUT2D eigenvalue weighted by Gasteiger charge is 2.41. The molecule has 3 aromatic heterocycles. The lowest BCUT2D eigenvalue weighted by Gasteiger charge is -2.33. The number of nitrogens with zero attached hydrogens (tertiary/aromatic N) is 3. The van der Waals surface area contributed by atoms with Gasteiger partial charge in [-0.2, -0.15) is 0 Å². The van der Waals surface area contributed by atoms with Crippen molar-refractivity contribution in [3.8, 4) is 0 Å². The fourth-order valence-corrected chi connectivity index (χ4v) is 4.17. The summed E-state index contributed by atoms with van der Waals surface area (Å²) in [5.41, 5.74) is 0.636. The molecule has 0 saturated heterocycles. The van der Waals surface area contributed by atoms with E-state index in [9.17, 15) is 18.7 Å². The zero-order valence-corrected chi connectivity index (χ0v) is 18.2. The lowest BCUT2D eigenvalue weighted by molar-refractivity contribution is 0.0437. The lowest BCUT2D eigenvalue weighted by atomic mass is 9.99. The fourth-order valence-electron chi connectivity index (χ4n) is 4.17. The Labute approximate surface area is 187 Å². The Hall–Kier alpha value is -3.53. The van der Waals surface area contributed by atoms with Crippen LogP contribution in [0, 0.1) is 6.92 Å². The Bertz CT molecular complexity index is 1350. The number of carbonyl (C=O) groups is 1. The van der Waals surface area contributed by atoms with Crippen LogP contribution in [0.1, 0.15) is 71.2 Å². The van der Waals surface area contributed by atoms with Crippen LogP contribution < -0.4 is 0 Å². The van der Waals surface area contributed by atoms with E-state index >= 15 is 0 Å². The molecule has 172 valence electrons. The molecule has 2 N–H and O–H groups in total. The molecule has 4 heterocycles. The second-order valence-electron chi connectivity index (χ2n) is 8.65. The van der Waals surface area contributed by atoms with Crippen molar-refractivity contribution in [1.29, 1.82) is 0 Å². The molecule has 1 aliphatic rings. The van der Waals surface area contributed by atoms with Gasteiger partial charge in [-0.1, -0.05) is 12.1 Å². The molecule has 4 aromatic rings. The predicted octanol–water partition coefficient (Wildman–Crippen LogP) is 4.41. The highest BCUT2D eigenvalue weighted by Crippen LogP contribution is 2.39. The van der Waals surface area contributed by atoms with E-state index in [1.807, 2.05) is 31.2 Å². The van der Waals surface area contributed by atoms with Crippen LogP contribution in [0.2, 0.25) is 0 Å². The predicted molar refractivity (Wildman–Crippen MR) is 113 cm³/mol. The van der Waals surface area contributed by atoms with E-state index in [1.165, 1.54) is 25.1 Å². The maximum Gasteiger partial charge on any atom is 0.292 e. The van der Waals surface area contributed by atoms with Gasteiger partial charge < -0.3 is 23.8 Å². The molecule has 1 aliphatic heterocycles. The average Bonchev–Trinajstić information content (AvgIpc) is 3.49. The number of aryl methyl sites for hydroxylation is 1. The minimum Gasteiger partial charge on any atom is -0.458 e. The molecule has 10 heteroatoms. The van der Waals surface area contributed by atoms with Crippen LogP contribution in [0.15, 0.2) is 39.4 Å². The molecule has 1 atom stereocenters. The summed E-state index contributed by atoms with van der Waals surface area (Å²) in [4.78, 5) is 26.1. The first-order valence-corrected chi connectivity index (χ1v) is 10.5. The third kappa shape index (κ3) is 3.50. The normalized spacial score (nSPS) is 16.6. The Morgan fingerprint density at radius 3 is 2.82 bits per heavy atom. The van der Waals surface area contributed by atoms with Crippen LogP contribution in [0.5, 0.6) is 0 Å². The smallest absolute Gasteiger partial charge is 0.292 e. The first kappa shape index (κ1) is 21.3. The number of hydrogen-bond donors (Lipinski definition) is 2. The largest absolute Gasteiger partial charge is 0.458 e. The number of alkyl halides is 2.